The van der Waals surface area contributed by atoms with Crippen molar-refractivity contribution in [2.24, 2.45) is 0 Å². The molecule has 0 rings (SSSR count). The Morgan fingerprint density at radius 3 is 1.12 bits per heavy atom. The molecule has 0 radical (unpaired) electrons. The van der Waals surface area contributed by atoms with E-state index in [2.05, 4.69) is 13.8 Å². The molecule has 0 saturated heterocycles. The zero-order valence-corrected chi connectivity index (χ0v) is 18.0. The van der Waals surface area contributed by atoms with Crippen LogP contribution in [0.5, 0.6) is 0 Å². The molecule has 0 bridgehead atoms. The fourth-order valence-corrected chi connectivity index (χ4v) is 3.46. The van der Waals surface area contributed by atoms with E-state index in [0.29, 0.717) is 12.8 Å². The van der Waals surface area contributed by atoms with E-state index in [9.17, 15) is 9.59 Å². The van der Waals surface area contributed by atoms with E-state index in [-0.39, 0.29) is 18.0 Å². The van der Waals surface area contributed by atoms with Crippen LogP contribution in [0.3, 0.4) is 0 Å². The normalized spacial score (nSPS) is 11.0. The minimum absolute atomic E-state index is 0.137. The lowest BCUT2D eigenvalue weighted by molar-refractivity contribution is -0.127. The highest BCUT2D eigenvalue weighted by Crippen LogP contribution is 2.14. The van der Waals surface area contributed by atoms with Crippen LogP contribution in [0.2, 0.25) is 0 Å². The lowest BCUT2D eigenvalue weighted by Crippen LogP contribution is -2.07. The Kier molecular flexibility index (Phi) is 20.1. The Balaban J connectivity index is 3.19. The molecule has 0 aromatic carbocycles. The van der Waals surface area contributed by atoms with Crippen molar-refractivity contribution in [3.8, 4) is 0 Å². The minimum atomic E-state index is 0.137. The van der Waals surface area contributed by atoms with Gasteiger partial charge in [0.05, 0.1) is 6.42 Å². The molecule has 0 aliphatic rings. The van der Waals surface area contributed by atoms with Crippen LogP contribution >= 0.6 is 0 Å². The predicted octanol–water partition coefficient (Wildman–Crippen LogP) is 7.97. The first kappa shape index (κ1) is 25.3. The van der Waals surface area contributed by atoms with Gasteiger partial charge in [-0.1, -0.05) is 110 Å². The Morgan fingerprint density at radius 1 is 0.423 bits per heavy atom. The summed E-state index contributed by atoms with van der Waals surface area (Å²) in [6.07, 6.45) is 23.4. The smallest absolute Gasteiger partial charge is 0.140 e. The molecular weight excluding hydrogens is 320 g/mol. The molecule has 2 heteroatoms. The topological polar surface area (TPSA) is 34.1 Å². The third-order valence-corrected chi connectivity index (χ3v) is 5.26. The summed E-state index contributed by atoms with van der Waals surface area (Å²) in [6.45, 7) is 4.35. The second-order valence-corrected chi connectivity index (χ2v) is 8.06. The van der Waals surface area contributed by atoms with Gasteiger partial charge in [0.25, 0.3) is 0 Å². The van der Waals surface area contributed by atoms with Crippen LogP contribution in [-0.2, 0) is 9.59 Å². The Hall–Kier alpha value is -0.660. The number of hydrogen-bond acceptors (Lipinski definition) is 2. The van der Waals surface area contributed by atoms with Crippen LogP contribution in [0.25, 0.3) is 0 Å². The first-order chi connectivity index (χ1) is 12.7. The number of rotatable bonds is 21. The summed E-state index contributed by atoms with van der Waals surface area (Å²) in [5.74, 6) is 0.290. The van der Waals surface area contributed by atoms with Crippen molar-refractivity contribution >= 4 is 11.6 Å². The third kappa shape index (κ3) is 19.7. The molecule has 2 nitrogen and oxygen atoms in total. The molecule has 0 fully saturated rings. The van der Waals surface area contributed by atoms with E-state index in [0.717, 1.165) is 25.7 Å². The molecule has 154 valence electrons. The molecule has 0 aliphatic heterocycles. The van der Waals surface area contributed by atoms with E-state index < -0.39 is 0 Å². The average molecular weight is 367 g/mol. The van der Waals surface area contributed by atoms with Crippen molar-refractivity contribution in [2.45, 2.75) is 142 Å². The van der Waals surface area contributed by atoms with E-state index in [1.807, 2.05) is 0 Å². The second kappa shape index (κ2) is 20.6. The number of hydrogen-bond donors (Lipinski definition) is 0. The molecule has 0 N–H and O–H groups in total. The van der Waals surface area contributed by atoms with Crippen molar-refractivity contribution in [1.82, 2.24) is 0 Å². The lowest BCUT2D eigenvalue weighted by Gasteiger charge is -2.03. The Morgan fingerprint density at radius 2 is 0.731 bits per heavy atom. The van der Waals surface area contributed by atoms with Gasteiger partial charge in [-0.15, -0.1) is 0 Å². The van der Waals surface area contributed by atoms with Gasteiger partial charge in [-0.25, -0.2) is 0 Å². The summed E-state index contributed by atoms with van der Waals surface area (Å²) in [5.41, 5.74) is 0. The Labute approximate surface area is 163 Å². The number of carbonyl (C=O) groups excluding carboxylic acids is 2. The largest absolute Gasteiger partial charge is 0.299 e. The average Bonchev–Trinajstić information content (AvgIpc) is 2.63. The summed E-state index contributed by atoms with van der Waals surface area (Å²) < 4.78 is 0. The van der Waals surface area contributed by atoms with Gasteiger partial charge in [0.15, 0.2) is 0 Å². The van der Waals surface area contributed by atoms with Crippen LogP contribution in [0.15, 0.2) is 0 Å². The number of carbonyl (C=O) groups is 2. The highest BCUT2D eigenvalue weighted by Gasteiger charge is 2.08. The standard InChI is InChI=1S/C24H46O2/c1-3-5-7-8-9-10-11-12-13-14-15-16-17-18-19-21-24(26)22-23(25)20-6-4-2/h3-22H2,1-2H3. The summed E-state index contributed by atoms with van der Waals surface area (Å²) in [7, 11) is 0. The number of unbranched alkanes of at least 4 members (excludes halogenated alkanes) is 15. The monoisotopic (exact) mass is 366 g/mol. The summed E-state index contributed by atoms with van der Waals surface area (Å²) in [5, 5.41) is 0. The zero-order valence-electron chi connectivity index (χ0n) is 18.0. The third-order valence-electron chi connectivity index (χ3n) is 5.26. The maximum absolute atomic E-state index is 11.7. The van der Waals surface area contributed by atoms with Gasteiger partial charge < -0.3 is 0 Å². The molecule has 0 heterocycles. The molecule has 0 unspecified atom stereocenters. The fourth-order valence-electron chi connectivity index (χ4n) is 3.46. The van der Waals surface area contributed by atoms with Crippen LogP contribution in [0.1, 0.15) is 142 Å². The summed E-state index contributed by atoms with van der Waals surface area (Å²) in [6, 6.07) is 0. The maximum atomic E-state index is 11.7. The van der Waals surface area contributed by atoms with Crippen molar-refractivity contribution in [1.29, 1.82) is 0 Å². The van der Waals surface area contributed by atoms with Crippen LogP contribution < -0.4 is 0 Å². The van der Waals surface area contributed by atoms with E-state index in [1.165, 1.54) is 83.5 Å². The predicted molar refractivity (Wildman–Crippen MR) is 114 cm³/mol. The lowest BCUT2D eigenvalue weighted by atomic mass is 10.0. The van der Waals surface area contributed by atoms with Gasteiger partial charge in [-0.3, -0.25) is 9.59 Å². The SMILES string of the molecule is CCCCCCCCCCCCCCCCCC(=O)CC(=O)CCCC. The first-order valence-corrected chi connectivity index (χ1v) is 11.7. The van der Waals surface area contributed by atoms with Crippen LogP contribution in [-0.4, -0.2) is 11.6 Å². The van der Waals surface area contributed by atoms with Gasteiger partial charge in [0, 0.05) is 12.8 Å². The molecule has 0 amide bonds. The summed E-state index contributed by atoms with van der Waals surface area (Å²) in [4.78, 5) is 23.3. The van der Waals surface area contributed by atoms with Crippen molar-refractivity contribution in [2.75, 3.05) is 0 Å². The molecule has 0 saturated carbocycles. The maximum Gasteiger partial charge on any atom is 0.140 e. The van der Waals surface area contributed by atoms with Crippen molar-refractivity contribution in [3.63, 3.8) is 0 Å². The van der Waals surface area contributed by atoms with Crippen LogP contribution in [0.4, 0.5) is 0 Å². The van der Waals surface area contributed by atoms with E-state index in [4.69, 9.17) is 0 Å². The van der Waals surface area contributed by atoms with Gasteiger partial charge in [-0.05, 0) is 12.8 Å². The Bertz CT molecular complexity index is 322. The quantitative estimate of drug-likeness (QED) is 0.152. The first-order valence-electron chi connectivity index (χ1n) is 11.7. The molecule has 0 spiro atoms. The molecule has 0 aliphatic carbocycles. The number of ketones is 2. The number of Topliss-reactive ketones (excluding diaryl/α,β-unsaturated/α-hetero) is 2. The van der Waals surface area contributed by atoms with Gasteiger partial charge in [-0.2, -0.15) is 0 Å². The molecule has 0 aromatic rings. The van der Waals surface area contributed by atoms with Crippen LogP contribution in [0, 0.1) is 0 Å². The minimum Gasteiger partial charge on any atom is -0.299 e. The highest BCUT2D eigenvalue weighted by molar-refractivity contribution is 5.98. The fraction of sp³-hybridized carbons (Fsp3) is 0.917. The van der Waals surface area contributed by atoms with Crippen molar-refractivity contribution < 1.29 is 9.59 Å². The van der Waals surface area contributed by atoms with Gasteiger partial charge >= 0.3 is 0 Å². The van der Waals surface area contributed by atoms with Gasteiger partial charge in [0.1, 0.15) is 11.6 Å². The van der Waals surface area contributed by atoms with E-state index in [1.54, 1.807) is 0 Å². The van der Waals surface area contributed by atoms with Crippen molar-refractivity contribution in [3.05, 3.63) is 0 Å². The molecule has 26 heavy (non-hydrogen) atoms. The highest BCUT2D eigenvalue weighted by atomic mass is 16.1. The molecular formula is C24H46O2. The van der Waals surface area contributed by atoms with Gasteiger partial charge in [0.2, 0.25) is 0 Å². The zero-order chi connectivity index (χ0) is 19.3. The molecule has 0 aromatic heterocycles. The second-order valence-electron chi connectivity index (χ2n) is 8.06. The van der Waals surface area contributed by atoms with E-state index >= 15 is 0 Å². The molecule has 0 atom stereocenters. The summed E-state index contributed by atoms with van der Waals surface area (Å²) >= 11 is 0.